The van der Waals surface area contributed by atoms with E-state index in [1.54, 1.807) is 12.1 Å². The van der Waals surface area contributed by atoms with Crippen molar-refractivity contribution >= 4 is 33.8 Å². The van der Waals surface area contributed by atoms with E-state index in [4.69, 9.17) is 4.74 Å². The second-order valence-corrected chi connectivity index (χ2v) is 7.76. The molecule has 0 aliphatic carbocycles. The topological polar surface area (TPSA) is 79.9 Å². The minimum Gasteiger partial charge on any atom is -0.495 e. The molecule has 0 radical (unpaired) electrons. The van der Waals surface area contributed by atoms with E-state index in [9.17, 15) is 17.2 Å². The molecule has 2 aromatic rings. The average Bonchev–Trinajstić information content (AvgIpc) is 2.69. The van der Waals surface area contributed by atoms with Crippen molar-refractivity contribution in [2.24, 2.45) is 0 Å². The molecule has 0 bridgehead atoms. The smallest absolute Gasteiger partial charge is 0.387 e. The molecule has 7 nitrogen and oxygen atoms in total. The van der Waals surface area contributed by atoms with Gasteiger partial charge in [-0.25, -0.2) is 8.42 Å². The number of alkyl halides is 2. The van der Waals surface area contributed by atoms with Gasteiger partial charge in [-0.15, -0.1) is 12.4 Å². The van der Waals surface area contributed by atoms with Crippen molar-refractivity contribution in [3.63, 3.8) is 0 Å². The summed E-state index contributed by atoms with van der Waals surface area (Å²) in [5.41, 5.74) is 0.939. The van der Waals surface area contributed by atoms with E-state index in [0.717, 1.165) is 26.2 Å². The van der Waals surface area contributed by atoms with Crippen LogP contribution >= 0.6 is 12.4 Å². The Bertz CT molecular complexity index is 908. The third-order valence-corrected chi connectivity index (χ3v) is 5.63. The molecule has 0 amide bonds. The lowest BCUT2D eigenvalue weighted by Crippen LogP contribution is -2.43. The molecule has 2 aromatic carbocycles. The van der Waals surface area contributed by atoms with Crippen molar-refractivity contribution in [1.29, 1.82) is 0 Å². The second-order valence-electron chi connectivity index (χ2n) is 6.08. The zero-order valence-electron chi connectivity index (χ0n) is 15.6. The highest BCUT2D eigenvalue weighted by atomic mass is 35.5. The summed E-state index contributed by atoms with van der Waals surface area (Å²) in [4.78, 5) is 2.14. The summed E-state index contributed by atoms with van der Waals surface area (Å²) >= 11 is 0. The number of nitrogens with zero attached hydrogens (tertiary/aromatic N) is 1. The van der Waals surface area contributed by atoms with Gasteiger partial charge >= 0.3 is 6.61 Å². The van der Waals surface area contributed by atoms with Crippen LogP contribution in [0, 0.1) is 0 Å². The number of benzene rings is 2. The SMILES string of the molecule is COc1ccc(S(=O)(=O)Nc2ccc(OC(F)F)cc2)cc1N1CCNCC1.Cl. The van der Waals surface area contributed by atoms with E-state index in [-0.39, 0.29) is 28.7 Å². The molecule has 1 heterocycles. The van der Waals surface area contributed by atoms with Crippen LogP contribution in [0.2, 0.25) is 0 Å². The van der Waals surface area contributed by atoms with Crippen LogP contribution in [0.3, 0.4) is 0 Å². The van der Waals surface area contributed by atoms with Gasteiger partial charge in [0.2, 0.25) is 0 Å². The summed E-state index contributed by atoms with van der Waals surface area (Å²) in [6.45, 7) is 0.125. The molecule has 11 heteroatoms. The highest BCUT2D eigenvalue weighted by Crippen LogP contribution is 2.32. The molecular formula is C18H22ClF2N3O4S. The van der Waals surface area contributed by atoms with Gasteiger partial charge in [0.1, 0.15) is 11.5 Å². The zero-order chi connectivity index (χ0) is 20.1. The summed E-state index contributed by atoms with van der Waals surface area (Å²) < 4.78 is 62.0. The Morgan fingerprint density at radius 2 is 1.76 bits per heavy atom. The monoisotopic (exact) mass is 449 g/mol. The Balaban J connectivity index is 0.00000300. The first-order valence-electron chi connectivity index (χ1n) is 8.60. The third-order valence-electron chi connectivity index (χ3n) is 4.25. The summed E-state index contributed by atoms with van der Waals surface area (Å²) in [5, 5.41) is 3.25. The molecule has 160 valence electrons. The van der Waals surface area contributed by atoms with Gasteiger partial charge in [-0.05, 0) is 42.5 Å². The largest absolute Gasteiger partial charge is 0.495 e. The van der Waals surface area contributed by atoms with Crippen LogP contribution in [0.1, 0.15) is 0 Å². The average molecular weight is 450 g/mol. The maximum absolute atomic E-state index is 12.8. The maximum atomic E-state index is 12.8. The van der Waals surface area contributed by atoms with E-state index >= 15 is 0 Å². The number of halogens is 3. The minimum atomic E-state index is -3.87. The molecule has 0 unspecified atom stereocenters. The van der Waals surface area contributed by atoms with Crippen molar-refractivity contribution < 1.29 is 26.7 Å². The number of rotatable bonds is 7. The Morgan fingerprint density at radius 3 is 2.34 bits per heavy atom. The molecule has 0 atom stereocenters. The molecule has 29 heavy (non-hydrogen) atoms. The molecule has 2 N–H and O–H groups in total. The lowest BCUT2D eigenvalue weighted by Gasteiger charge is -2.30. The third kappa shape index (κ3) is 5.84. The Hall–Kier alpha value is -2.30. The Morgan fingerprint density at radius 1 is 1.10 bits per heavy atom. The highest BCUT2D eigenvalue weighted by Gasteiger charge is 2.21. The fourth-order valence-electron chi connectivity index (χ4n) is 2.91. The van der Waals surface area contributed by atoms with Crippen molar-refractivity contribution in [3.8, 4) is 11.5 Å². The van der Waals surface area contributed by atoms with Gasteiger partial charge in [-0.3, -0.25) is 4.72 Å². The van der Waals surface area contributed by atoms with Crippen molar-refractivity contribution in [2.75, 3.05) is 42.9 Å². The van der Waals surface area contributed by atoms with Gasteiger partial charge in [-0.1, -0.05) is 0 Å². The first kappa shape index (κ1) is 23.0. The standard InChI is InChI=1S/C18H21F2N3O4S.ClH/c1-26-17-7-6-15(12-16(17)23-10-8-21-9-11-23)28(24,25)22-13-2-4-14(5-3-13)27-18(19)20;/h2-7,12,18,21-22H,8-11H2,1H3;1H. The van der Waals surface area contributed by atoms with Crippen molar-refractivity contribution in [1.82, 2.24) is 5.32 Å². The summed E-state index contributed by atoms with van der Waals surface area (Å²) in [5.74, 6) is 0.540. The van der Waals surface area contributed by atoms with Crippen LogP contribution in [0.25, 0.3) is 0 Å². The van der Waals surface area contributed by atoms with Crippen LogP contribution in [-0.4, -0.2) is 48.3 Å². The van der Waals surface area contributed by atoms with Gasteiger partial charge in [0.05, 0.1) is 17.7 Å². The molecule has 0 saturated carbocycles. The zero-order valence-corrected chi connectivity index (χ0v) is 17.2. The van der Waals surface area contributed by atoms with Gasteiger partial charge in [0, 0.05) is 31.9 Å². The molecule has 1 aliphatic heterocycles. The van der Waals surface area contributed by atoms with E-state index in [2.05, 4.69) is 19.7 Å². The first-order chi connectivity index (χ1) is 13.4. The molecule has 1 fully saturated rings. The molecule has 3 rings (SSSR count). The van der Waals surface area contributed by atoms with Gasteiger partial charge in [0.15, 0.2) is 0 Å². The predicted octanol–water partition coefficient (Wildman–Crippen LogP) is 2.93. The second kappa shape index (κ2) is 9.95. The lowest BCUT2D eigenvalue weighted by molar-refractivity contribution is -0.0498. The minimum absolute atomic E-state index is 0. The molecule has 0 spiro atoms. The van der Waals surface area contributed by atoms with E-state index in [0.29, 0.717) is 11.4 Å². The summed E-state index contributed by atoms with van der Waals surface area (Å²) in [6, 6.07) is 9.90. The van der Waals surface area contributed by atoms with Crippen LogP contribution in [0.15, 0.2) is 47.4 Å². The first-order valence-corrected chi connectivity index (χ1v) is 10.1. The number of methoxy groups -OCH3 is 1. The lowest BCUT2D eigenvalue weighted by atomic mass is 10.2. The molecule has 1 saturated heterocycles. The van der Waals surface area contributed by atoms with Gasteiger partial charge in [0.25, 0.3) is 10.0 Å². The number of anilines is 2. The Labute approximate surface area is 174 Å². The van der Waals surface area contributed by atoms with Crippen molar-refractivity contribution in [2.45, 2.75) is 11.5 Å². The number of hydrogen-bond donors (Lipinski definition) is 2. The van der Waals surface area contributed by atoms with E-state index in [1.807, 2.05) is 0 Å². The number of ether oxygens (including phenoxy) is 2. The fourth-order valence-corrected chi connectivity index (χ4v) is 3.99. The van der Waals surface area contributed by atoms with Crippen molar-refractivity contribution in [3.05, 3.63) is 42.5 Å². The van der Waals surface area contributed by atoms with Gasteiger partial charge in [-0.2, -0.15) is 8.78 Å². The molecule has 0 aromatic heterocycles. The summed E-state index contributed by atoms with van der Waals surface area (Å²) in [7, 11) is -2.33. The van der Waals surface area contributed by atoms with E-state index in [1.165, 1.54) is 37.4 Å². The van der Waals surface area contributed by atoms with Crippen LogP contribution in [-0.2, 0) is 10.0 Å². The van der Waals surface area contributed by atoms with Gasteiger partial charge < -0.3 is 19.7 Å². The predicted molar refractivity (Wildman–Crippen MR) is 109 cm³/mol. The number of nitrogens with one attached hydrogen (secondary N) is 2. The fraction of sp³-hybridized carbons (Fsp3) is 0.333. The highest BCUT2D eigenvalue weighted by molar-refractivity contribution is 7.92. The quantitative estimate of drug-likeness (QED) is 0.676. The molecule has 1 aliphatic rings. The number of piperazine rings is 1. The number of sulfonamides is 1. The molecular weight excluding hydrogens is 428 g/mol. The maximum Gasteiger partial charge on any atom is 0.387 e. The van der Waals surface area contributed by atoms with E-state index < -0.39 is 16.6 Å². The van der Waals surface area contributed by atoms with Crippen LogP contribution < -0.4 is 24.4 Å². The summed E-state index contributed by atoms with van der Waals surface area (Å²) in [6.07, 6.45) is 0. The Kier molecular flexibility index (Phi) is 7.88. The van der Waals surface area contributed by atoms with Crippen LogP contribution in [0.5, 0.6) is 11.5 Å². The van der Waals surface area contributed by atoms with Crippen LogP contribution in [0.4, 0.5) is 20.2 Å². The number of hydrogen-bond acceptors (Lipinski definition) is 6. The normalized spacial score (nSPS) is 14.3.